The topological polar surface area (TPSA) is 55.5 Å². The molecule has 0 saturated carbocycles. The Morgan fingerprint density at radius 3 is 2.79 bits per heavy atom. The van der Waals surface area contributed by atoms with Crippen LogP contribution in [0.1, 0.15) is 11.1 Å². The second kappa shape index (κ2) is 4.67. The molecule has 0 fully saturated rings. The summed E-state index contributed by atoms with van der Waals surface area (Å²) >= 11 is 0. The number of aromatic hydroxyl groups is 1. The Kier molecular flexibility index (Phi) is 3.54. The molecule has 0 atom stereocenters. The maximum atomic E-state index is 9.72. The maximum Gasteiger partial charge on any atom is 0.165 e. The van der Waals surface area contributed by atoms with E-state index in [1.807, 2.05) is 13.0 Å². The van der Waals surface area contributed by atoms with Crippen LogP contribution < -0.4 is 10.5 Å². The van der Waals surface area contributed by atoms with E-state index in [1.165, 1.54) is 7.11 Å². The first-order chi connectivity index (χ1) is 6.69. The number of ether oxygens (including phenoxy) is 1. The average Bonchev–Trinajstić information content (AvgIpc) is 2.18. The number of aryl methyl sites for hydroxylation is 1. The molecule has 3 nitrogen and oxygen atoms in total. The van der Waals surface area contributed by atoms with Gasteiger partial charge in [-0.3, -0.25) is 0 Å². The van der Waals surface area contributed by atoms with E-state index in [0.717, 1.165) is 11.1 Å². The van der Waals surface area contributed by atoms with Crippen molar-refractivity contribution in [3.63, 3.8) is 0 Å². The first kappa shape index (κ1) is 10.6. The molecule has 0 unspecified atom stereocenters. The molecule has 1 aromatic carbocycles. The van der Waals surface area contributed by atoms with Crippen molar-refractivity contribution in [2.75, 3.05) is 13.7 Å². The first-order valence-electron chi connectivity index (χ1n) is 4.43. The molecule has 76 valence electrons. The summed E-state index contributed by atoms with van der Waals surface area (Å²) in [7, 11) is 1.53. The van der Waals surface area contributed by atoms with Gasteiger partial charge in [0.2, 0.25) is 0 Å². The highest BCUT2D eigenvalue weighted by Gasteiger charge is 2.05. The molecule has 14 heavy (non-hydrogen) atoms. The molecule has 0 aromatic heterocycles. The van der Waals surface area contributed by atoms with E-state index in [0.29, 0.717) is 12.3 Å². The summed E-state index contributed by atoms with van der Waals surface area (Å²) in [6.45, 7) is 2.40. The zero-order chi connectivity index (χ0) is 10.6. The first-order valence-corrected chi connectivity index (χ1v) is 4.43. The molecule has 3 heteroatoms. The quantitative estimate of drug-likeness (QED) is 0.768. The van der Waals surface area contributed by atoms with Crippen molar-refractivity contribution in [2.45, 2.75) is 6.92 Å². The number of hydrogen-bond donors (Lipinski definition) is 2. The van der Waals surface area contributed by atoms with Gasteiger partial charge in [-0.2, -0.15) is 0 Å². The molecule has 0 heterocycles. The molecule has 3 N–H and O–H groups in total. The highest BCUT2D eigenvalue weighted by atomic mass is 16.5. The van der Waals surface area contributed by atoms with Crippen LogP contribution in [0.4, 0.5) is 0 Å². The Hall–Kier alpha value is -1.48. The zero-order valence-electron chi connectivity index (χ0n) is 8.45. The number of methoxy groups -OCH3 is 1. The van der Waals surface area contributed by atoms with Crippen molar-refractivity contribution in [1.29, 1.82) is 0 Å². The van der Waals surface area contributed by atoms with E-state index in [-0.39, 0.29) is 5.75 Å². The summed E-state index contributed by atoms with van der Waals surface area (Å²) in [5, 5.41) is 9.72. The minimum absolute atomic E-state index is 0.155. The molecule has 0 aliphatic carbocycles. The van der Waals surface area contributed by atoms with Gasteiger partial charge in [-0.05, 0) is 24.6 Å². The third-order valence-corrected chi connectivity index (χ3v) is 1.90. The predicted octanol–water partition coefficient (Wildman–Crippen LogP) is 1.68. The molecule has 0 aliphatic rings. The second-order valence-electron chi connectivity index (χ2n) is 3.04. The molecule has 1 aromatic rings. The molecule has 0 amide bonds. The SMILES string of the molecule is COc1cc(C)cc(/C=C/CN)c1O. The minimum atomic E-state index is 0.155. The van der Waals surface area contributed by atoms with Gasteiger partial charge < -0.3 is 15.6 Å². The molecule has 0 aliphatic heterocycles. The summed E-state index contributed by atoms with van der Waals surface area (Å²) in [5.41, 5.74) is 7.10. The summed E-state index contributed by atoms with van der Waals surface area (Å²) < 4.78 is 5.03. The van der Waals surface area contributed by atoms with Crippen LogP contribution in [0, 0.1) is 6.92 Å². The maximum absolute atomic E-state index is 9.72. The average molecular weight is 193 g/mol. The monoisotopic (exact) mass is 193 g/mol. The highest BCUT2D eigenvalue weighted by molar-refractivity contribution is 5.63. The number of nitrogens with two attached hydrogens (primary N) is 1. The van der Waals surface area contributed by atoms with Gasteiger partial charge in [0.15, 0.2) is 11.5 Å². The summed E-state index contributed by atoms with van der Waals surface area (Å²) in [5.74, 6) is 0.643. The lowest BCUT2D eigenvalue weighted by Crippen LogP contribution is -1.92. The largest absolute Gasteiger partial charge is 0.504 e. The lowest BCUT2D eigenvalue weighted by atomic mass is 10.1. The Bertz CT molecular complexity index is 345. The van der Waals surface area contributed by atoms with Crippen molar-refractivity contribution < 1.29 is 9.84 Å². The van der Waals surface area contributed by atoms with Crippen molar-refractivity contribution in [3.05, 3.63) is 29.3 Å². The predicted molar refractivity (Wildman–Crippen MR) is 57.5 cm³/mol. The molecule has 0 spiro atoms. The summed E-state index contributed by atoms with van der Waals surface area (Å²) in [6, 6.07) is 3.67. The van der Waals surface area contributed by atoms with Gasteiger partial charge in [0.25, 0.3) is 0 Å². The zero-order valence-corrected chi connectivity index (χ0v) is 8.45. The van der Waals surface area contributed by atoms with Crippen LogP contribution >= 0.6 is 0 Å². The van der Waals surface area contributed by atoms with Crippen molar-refractivity contribution in [2.24, 2.45) is 5.73 Å². The van der Waals surface area contributed by atoms with E-state index in [4.69, 9.17) is 10.5 Å². The molecular formula is C11H15NO2. The van der Waals surface area contributed by atoms with Gasteiger partial charge >= 0.3 is 0 Å². The fourth-order valence-corrected chi connectivity index (χ4v) is 1.25. The van der Waals surface area contributed by atoms with Crippen LogP contribution in [0.5, 0.6) is 11.5 Å². The Labute approximate surface area is 83.8 Å². The van der Waals surface area contributed by atoms with Crippen LogP contribution in [0.15, 0.2) is 18.2 Å². The van der Waals surface area contributed by atoms with Crippen LogP contribution in [0.3, 0.4) is 0 Å². The molecular weight excluding hydrogens is 178 g/mol. The molecule has 0 bridgehead atoms. The highest BCUT2D eigenvalue weighted by Crippen LogP contribution is 2.31. The Morgan fingerprint density at radius 1 is 1.50 bits per heavy atom. The van der Waals surface area contributed by atoms with Gasteiger partial charge in [0.05, 0.1) is 7.11 Å². The fraction of sp³-hybridized carbons (Fsp3) is 0.273. The standard InChI is InChI=1S/C11H15NO2/c1-8-6-9(4-3-5-12)11(13)10(7-8)14-2/h3-4,6-7,13H,5,12H2,1-2H3/b4-3+. The van der Waals surface area contributed by atoms with E-state index >= 15 is 0 Å². The Balaban J connectivity index is 3.15. The van der Waals surface area contributed by atoms with Crippen LogP contribution in [0.2, 0.25) is 0 Å². The van der Waals surface area contributed by atoms with Crippen molar-refractivity contribution in [3.8, 4) is 11.5 Å². The molecule has 0 radical (unpaired) electrons. The van der Waals surface area contributed by atoms with E-state index in [9.17, 15) is 5.11 Å². The van der Waals surface area contributed by atoms with Crippen molar-refractivity contribution in [1.82, 2.24) is 0 Å². The van der Waals surface area contributed by atoms with Crippen LogP contribution in [0.25, 0.3) is 6.08 Å². The third-order valence-electron chi connectivity index (χ3n) is 1.90. The lowest BCUT2D eigenvalue weighted by molar-refractivity contribution is 0.372. The number of rotatable bonds is 3. The van der Waals surface area contributed by atoms with Gasteiger partial charge in [0, 0.05) is 12.1 Å². The van der Waals surface area contributed by atoms with E-state index in [1.54, 1.807) is 18.2 Å². The summed E-state index contributed by atoms with van der Waals surface area (Å²) in [4.78, 5) is 0. The van der Waals surface area contributed by atoms with E-state index < -0.39 is 0 Å². The number of phenolic OH excluding ortho intramolecular Hbond substituents is 1. The third kappa shape index (κ3) is 2.26. The van der Waals surface area contributed by atoms with Gasteiger partial charge in [-0.1, -0.05) is 12.2 Å². The van der Waals surface area contributed by atoms with Crippen LogP contribution in [-0.2, 0) is 0 Å². The Morgan fingerprint density at radius 2 is 2.21 bits per heavy atom. The summed E-state index contributed by atoms with van der Waals surface area (Å²) in [6.07, 6.45) is 3.57. The van der Waals surface area contributed by atoms with Gasteiger partial charge in [-0.15, -0.1) is 0 Å². The number of benzene rings is 1. The van der Waals surface area contributed by atoms with Crippen molar-refractivity contribution >= 4 is 6.08 Å². The smallest absolute Gasteiger partial charge is 0.165 e. The van der Waals surface area contributed by atoms with Gasteiger partial charge in [-0.25, -0.2) is 0 Å². The second-order valence-corrected chi connectivity index (χ2v) is 3.04. The van der Waals surface area contributed by atoms with Crippen LogP contribution in [-0.4, -0.2) is 18.8 Å². The van der Waals surface area contributed by atoms with E-state index in [2.05, 4.69) is 0 Å². The minimum Gasteiger partial charge on any atom is -0.504 e. The number of phenols is 1. The molecule has 0 saturated heterocycles. The normalized spacial score (nSPS) is 10.8. The lowest BCUT2D eigenvalue weighted by Gasteiger charge is -2.07. The molecule has 1 rings (SSSR count). The fourth-order valence-electron chi connectivity index (χ4n) is 1.25. The van der Waals surface area contributed by atoms with Gasteiger partial charge in [0.1, 0.15) is 0 Å². The number of hydrogen-bond acceptors (Lipinski definition) is 3.